The zero-order valence-corrected chi connectivity index (χ0v) is 16.5. The molecule has 1 aliphatic heterocycles. The summed E-state index contributed by atoms with van der Waals surface area (Å²) >= 11 is 0. The molecule has 0 bridgehead atoms. The molecule has 1 fully saturated rings. The van der Waals surface area contributed by atoms with Crippen molar-refractivity contribution >= 4 is 21.3 Å². The lowest BCUT2D eigenvalue weighted by atomic mass is 9.93. The van der Waals surface area contributed by atoms with E-state index in [-0.39, 0.29) is 29.3 Å². The first-order chi connectivity index (χ1) is 12.2. The number of benzene rings is 1. The van der Waals surface area contributed by atoms with E-state index in [0.717, 1.165) is 30.4 Å². The van der Waals surface area contributed by atoms with Crippen LogP contribution in [0, 0.1) is 24.6 Å². The maximum absolute atomic E-state index is 13.5. The number of rotatable bonds is 7. The van der Waals surface area contributed by atoms with Crippen LogP contribution in [0.4, 0.5) is 4.39 Å². The lowest BCUT2D eigenvalue weighted by molar-refractivity contribution is -0.116. The van der Waals surface area contributed by atoms with Crippen molar-refractivity contribution in [2.45, 2.75) is 40.0 Å². The van der Waals surface area contributed by atoms with Crippen LogP contribution in [0.15, 0.2) is 24.3 Å². The van der Waals surface area contributed by atoms with Gasteiger partial charge in [-0.05, 0) is 66.9 Å². The number of hydrogen-bond acceptors (Lipinski definition) is 3. The van der Waals surface area contributed by atoms with Crippen molar-refractivity contribution in [3.8, 4) is 0 Å². The van der Waals surface area contributed by atoms with Gasteiger partial charge in [0.1, 0.15) is 5.82 Å². The topological polar surface area (TPSA) is 63.2 Å². The van der Waals surface area contributed by atoms with Crippen LogP contribution in [0.25, 0.3) is 5.57 Å². The number of aryl methyl sites for hydroxylation is 1. The standard InChI is InChI=1S/C20H28FNO3S/c1-14(2)18(17-6-7-19(21)15(3)11-17)12-20(23)22-9-4-5-16-8-10-26(24,25)13-16/h6-7,11-12,14,16H,4-5,8-10,13H2,1-3H3,(H,22,23)/b18-12+. The second kappa shape index (κ2) is 8.80. The van der Waals surface area contributed by atoms with Crippen LogP contribution < -0.4 is 5.32 Å². The van der Waals surface area contributed by atoms with Gasteiger partial charge in [0.15, 0.2) is 9.84 Å². The zero-order chi connectivity index (χ0) is 19.3. The zero-order valence-electron chi connectivity index (χ0n) is 15.7. The monoisotopic (exact) mass is 381 g/mol. The van der Waals surface area contributed by atoms with Gasteiger partial charge in [0, 0.05) is 12.6 Å². The maximum Gasteiger partial charge on any atom is 0.244 e. The Kier molecular flexibility index (Phi) is 6.98. The summed E-state index contributed by atoms with van der Waals surface area (Å²) in [5.41, 5.74) is 2.28. The second-order valence-electron chi connectivity index (χ2n) is 7.42. The van der Waals surface area contributed by atoms with Crippen molar-refractivity contribution < 1.29 is 17.6 Å². The predicted octanol–water partition coefficient (Wildman–Crippen LogP) is 3.50. The van der Waals surface area contributed by atoms with E-state index in [1.165, 1.54) is 6.07 Å². The molecule has 0 spiro atoms. The van der Waals surface area contributed by atoms with E-state index < -0.39 is 9.84 Å². The van der Waals surface area contributed by atoms with Gasteiger partial charge in [-0.2, -0.15) is 0 Å². The van der Waals surface area contributed by atoms with Gasteiger partial charge in [-0.25, -0.2) is 12.8 Å². The molecule has 1 aliphatic rings. The number of amides is 1. The van der Waals surface area contributed by atoms with Crippen LogP contribution in [0.5, 0.6) is 0 Å². The molecular weight excluding hydrogens is 353 g/mol. The molecule has 26 heavy (non-hydrogen) atoms. The van der Waals surface area contributed by atoms with E-state index >= 15 is 0 Å². The van der Waals surface area contributed by atoms with E-state index in [4.69, 9.17) is 0 Å². The third kappa shape index (κ3) is 5.94. The highest BCUT2D eigenvalue weighted by molar-refractivity contribution is 7.91. The number of carbonyl (C=O) groups excluding carboxylic acids is 1. The molecule has 144 valence electrons. The molecule has 1 aromatic carbocycles. The molecule has 4 nitrogen and oxygen atoms in total. The Balaban J connectivity index is 1.89. The van der Waals surface area contributed by atoms with Crippen molar-refractivity contribution in [2.75, 3.05) is 18.1 Å². The van der Waals surface area contributed by atoms with Crippen LogP contribution in [0.3, 0.4) is 0 Å². The molecule has 0 aliphatic carbocycles. The van der Waals surface area contributed by atoms with Gasteiger partial charge in [0.25, 0.3) is 0 Å². The number of halogens is 1. The van der Waals surface area contributed by atoms with E-state index in [1.807, 2.05) is 13.8 Å². The first-order valence-corrected chi connectivity index (χ1v) is 11.0. The molecule has 1 N–H and O–H groups in total. The summed E-state index contributed by atoms with van der Waals surface area (Å²) in [7, 11) is -2.84. The summed E-state index contributed by atoms with van der Waals surface area (Å²) in [6.45, 7) is 6.23. The van der Waals surface area contributed by atoms with E-state index in [0.29, 0.717) is 17.9 Å². The Morgan fingerprint density at radius 2 is 2.12 bits per heavy atom. The highest BCUT2D eigenvalue weighted by Crippen LogP contribution is 2.25. The number of carbonyl (C=O) groups is 1. The SMILES string of the molecule is Cc1cc(/C(=C/C(=O)NCCCC2CCS(=O)(=O)C2)C(C)C)ccc1F. The molecule has 0 aromatic heterocycles. The first kappa shape index (κ1) is 20.6. The molecule has 1 heterocycles. The minimum absolute atomic E-state index is 0.134. The fourth-order valence-electron chi connectivity index (χ4n) is 3.30. The van der Waals surface area contributed by atoms with E-state index in [2.05, 4.69) is 5.32 Å². The molecule has 1 saturated heterocycles. The summed E-state index contributed by atoms with van der Waals surface area (Å²) in [6, 6.07) is 4.88. The molecule has 2 rings (SSSR count). The van der Waals surface area contributed by atoms with Crippen LogP contribution in [-0.2, 0) is 14.6 Å². The number of nitrogens with one attached hydrogen (secondary N) is 1. The Hall–Kier alpha value is -1.69. The molecule has 1 atom stereocenters. The fraction of sp³-hybridized carbons (Fsp3) is 0.550. The van der Waals surface area contributed by atoms with E-state index in [1.54, 1.807) is 25.1 Å². The fourth-order valence-corrected chi connectivity index (χ4v) is 5.21. The van der Waals surface area contributed by atoms with Gasteiger partial charge in [0.05, 0.1) is 11.5 Å². The molecule has 1 amide bonds. The maximum atomic E-state index is 13.5. The third-order valence-corrected chi connectivity index (χ3v) is 6.65. The molecule has 0 saturated carbocycles. The van der Waals surface area contributed by atoms with Crippen LogP contribution in [0.2, 0.25) is 0 Å². The Labute approximate surface area is 155 Å². The Morgan fingerprint density at radius 1 is 1.38 bits per heavy atom. The van der Waals surface area contributed by atoms with E-state index in [9.17, 15) is 17.6 Å². The van der Waals surface area contributed by atoms with Crippen molar-refractivity contribution in [2.24, 2.45) is 11.8 Å². The summed E-state index contributed by atoms with van der Waals surface area (Å²) in [5, 5.41) is 2.87. The number of allylic oxidation sites excluding steroid dienone is 1. The summed E-state index contributed by atoms with van der Waals surface area (Å²) < 4.78 is 36.4. The molecular formula is C20H28FNO3S. The molecule has 6 heteroatoms. The van der Waals surface area contributed by atoms with Gasteiger partial charge in [-0.15, -0.1) is 0 Å². The quantitative estimate of drug-likeness (QED) is 0.581. The van der Waals surface area contributed by atoms with Crippen LogP contribution >= 0.6 is 0 Å². The minimum atomic E-state index is -2.84. The summed E-state index contributed by atoms with van der Waals surface area (Å²) in [4.78, 5) is 12.2. The van der Waals surface area contributed by atoms with Crippen molar-refractivity contribution in [1.82, 2.24) is 5.32 Å². The average Bonchev–Trinajstić information content (AvgIpc) is 2.91. The molecule has 1 unspecified atom stereocenters. The van der Waals surface area contributed by atoms with Gasteiger partial charge in [-0.1, -0.05) is 19.9 Å². The molecule has 0 radical (unpaired) electrons. The minimum Gasteiger partial charge on any atom is -0.353 e. The second-order valence-corrected chi connectivity index (χ2v) is 9.65. The molecule has 1 aromatic rings. The normalized spacial score (nSPS) is 19.7. The number of hydrogen-bond donors (Lipinski definition) is 1. The van der Waals surface area contributed by atoms with Crippen molar-refractivity contribution in [3.63, 3.8) is 0 Å². The third-order valence-electron chi connectivity index (χ3n) is 4.82. The highest BCUT2D eigenvalue weighted by Gasteiger charge is 2.27. The lowest BCUT2D eigenvalue weighted by Gasteiger charge is -2.13. The Bertz CT molecular complexity index is 784. The lowest BCUT2D eigenvalue weighted by Crippen LogP contribution is -2.23. The highest BCUT2D eigenvalue weighted by atomic mass is 32.2. The first-order valence-electron chi connectivity index (χ1n) is 9.14. The van der Waals surface area contributed by atoms with Crippen LogP contribution in [0.1, 0.15) is 44.2 Å². The largest absolute Gasteiger partial charge is 0.353 e. The van der Waals surface area contributed by atoms with Gasteiger partial charge in [0.2, 0.25) is 5.91 Å². The van der Waals surface area contributed by atoms with Gasteiger partial charge in [-0.3, -0.25) is 4.79 Å². The predicted molar refractivity (Wildman–Crippen MR) is 103 cm³/mol. The van der Waals surface area contributed by atoms with Crippen molar-refractivity contribution in [1.29, 1.82) is 0 Å². The smallest absolute Gasteiger partial charge is 0.244 e. The Morgan fingerprint density at radius 3 is 2.69 bits per heavy atom. The van der Waals surface area contributed by atoms with Crippen LogP contribution in [-0.4, -0.2) is 32.4 Å². The van der Waals surface area contributed by atoms with Gasteiger partial charge >= 0.3 is 0 Å². The average molecular weight is 382 g/mol. The number of sulfone groups is 1. The van der Waals surface area contributed by atoms with Crippen molar-refractivity contribution in [3.05, 3.63) is 41.2 Å². The summed E-state index contributed by atoms with van der Waals surface area (Å²) in [6.07, 6.45) is 3.90. The van der Waals surface area contributed by atoms with Gasteiger partial charge < -0.3 is 5.32 Å². The summed E-state index contributed by atoms with van der Waals surface area (Å²) in [5.74, 6) is 0.504.